The molecule has 1 fully saturated rings. The molecule has 0 bridgehead atoms. The Balaban J connectivity index is 1.81. The minimum absolute atomic E-state index is 0.00670. The van der Waals surface area contributed by atoms with E-state index in [9.17, 15) is 117 Å². The van der Waals surface area contributed by atoms with E-state index < -0.39 is 249 Å². The highest BCUT2D eigenvalue weighted by molar-refractivity contribution is 7.98. The van der Waals surface area contributed by atoms with Gasteiger partial charge in [0.1, 0.15) is 84.3 Å². The van der Waals surface area contributed by atoms with Crippen molar-refractivity contribution in [3.05, 3.63) is 65.7 Å². The number of carboxylic acids is 2. The van der Waals surface area contributed by atoms with E-state index in [2.05, 4.69) is 69.1 Å². The first-order valence-electron chi connectivity index (χ1n) is 38.0. The zero-order chi connectivity index (χ0) is 87.2. The highest BCUT2D eigenvalue weighted by atomic mass is 32.2. The molecule has 0 radical (unpaired) electrons. The van der Waals surface area contributed by atoms with Crippen LogP contribution in [0.3, 0.4) is 0 Å². The van der Waals surface area contributed by atoms with Gasteiger partial charge < -0.3 is 127 Å². The number of thioether (sulfide) groups is 1. The molecule has 0 spiro atoms. The SMILES string of the molecule is CSCC[C@H](NC(=O)[C@H](Cc1ccccc1)NC(=O)CNC(=O)[C@@H](C)NC(=O)[C@@H](N)Cc1ccc(O)cc1)C(=O)N[C@H](C(=O)N[C@@H](CO)C(=O)N[C@@H](CCC(=O)O)C(=O)N[C@@H](CCCCN)C(=O)N[C@@H](CO)C(=O)N[C@@H](CCC(N)=O)C(=O)N[C@H](C(=O)N1CCC[C@H]1C(=O)N[C@@H](CC(C)C)C(=O)N[C@H](C(=O)O)C(C)C)[C@@H](C)O)[C@@H](C)O. The first-order valence-corrected chi connectivity index (χ1v) is 39.3. The van der Waals surface area contributed by atoms with E-state index in [1.165, 1.54) is 30.8 Å². The number of likely N-dealkylation sites (tertiary alicyclic amines) is 1. The van der Waals surface area contributed by atoms with E-state index in [-0.39, 0.29) is 88.3 Å². The molecule has 0 aromatic heterocycles. The summed E-state index contributed by atoms with van der Waals surface area (Å²) in [6, 6.07) is -8.03. The summed E-state index contributed by atoms with van der Waals surface area (Å²) < 4.78 is 0. The minimum Gasteiger partial charge on any atom is -0.508 e. The predicted octanol–water partition coefficient (Wildman–Crippen LogP) is -7.01. The summed E-state index contributed by atoms with van der Waals surface area (Å²) in [7, 11) is 0. The van der Waals surface area contributed by atoms with Crippen LogP contribution in [-0.2, 0) is 94.3 Å². The topological polar surface area (TPSA) is 669 Å². The standard InChI is InChI=1S/C74H115N17O24S/c1-37(2)31-50(68(108)88-58(38(3)4)74(114)115)85-71(111)54-18-14-29-91(54)73(113)60(41(7)95)90-65(105)47(23-25-55(77)97)82-69(109)52(35-92)86-63(103)46(17-12-13-28-75)81-64(104)48(24-26-57(99)100)83-70(110)53(36-93)87-72(112)59(40(6)94)89-66(106)49(27-30-116-8)84-67(107)51(33-42-15-10-9-11-16-42)80-56(98)34-78-61(101)39(5)79-62(102)45(76)32-43-19-21-44(96)22-20-43/h9-11,15-16,19-22,37-41,45-54,58-60,92-96H,12-14,17-18,23-36,75-76H2,1-8H3,(H2,77,97)(H,78,101)(H,79,102)(H,80,98)(H,81,104)(H,82,109)(H,83,110)(H,84,107)(H,85,111)(H,86,103)(H,87,112)(H,88,108)(H,89,106)(H,90,105)(H,99,100)(H,114,115)/t39-,40-,41-,45+,46+,47+,48+,49+,50+,51+,52+,53+,54+,58+,59+,60+/m1/s1. The molecule has 1 heterocycles. The Morgan fingerprint density at radius 1 is 0.509 bits per heavy atom. The molecular weight excluding hydrogens is 1540 g/mol. The number of unbranched alkanes of at least 4 members (excludes halogenated alkanes) is 1. The second kappa shape index (κ2) is 50.6. The average Bonchev–Trinajstić information content (AvgIpc) is 1.68. The number of primary amides is 1. The molecule has 2 aromatic carbocycles. The van der Waals surface area contributed by atoms with Crippen molar-refractivity contribution in [1.29, 1.82) is 0 Å². The van der Waals surface area contributed by atoms with Gasteiger partial charge in [0.25, 0.3) is 0 Å². The molecule has 26 N–H and O–H groups in total. The number of aliphatic carboxylic acids is 2. The molecule has 646 valence electrons. The van der Waals surface area contributed by atoms with Crippen molar-refractivity contribution in [1.82, 2.24) is 74.0 Å². The predicted molar refractivity (Wildman–Crippen MR) is 417 cm³/mol. The van der Waals surface area contributed by atoms with Crippen molar-refractivity contribution < 1.29 is 117 Å². The number of rotatable bonds is 52. The quantitative estimate of drug-likeness (QED) is 0.0274. The molecule has 0 unspecified atom stereocenters. The molecule has 0 aliphatic carbocycles. The Morgan fingerprint density at radius 3 is 1.48 bits per heavy atom. The van der Waals surface area contributed by atoms with Gasteiger partial charge in [-0.1, -0.05) is 70.2 Å². The molecule has 2 aromatic rings. The number of nitrogens with one attached hydrogen (secondary N) is 13. The Bertz CT molecular complexity index is 3670. The third-order valence-corrected chi connectivity index (χ3v) is 19.0. The van der Waals surface area contributed by atoms with Crippen LogP contribution in [0.15, 0.2) is 54.6 Å². The van der Waals surface area contributed by atoms with Crippen LogP contribution in [0.5, 0.6) is 5.75 Å². The van der Waals surface area contributed by atoms with Gasteiger partial charge in [-0.25, -0.2) is 4.79 Å². The van der Waals surface area contributed by atoms with Gasteiger partial charge in [-0.2, -0.15) is 11.8 Å². The normalized spacial score (nSPS) is 16.4. The summed E-state index contributed by atoms with van der Waals surface area (Å²) in [6.45, 7) is 7.01. The fourth-order valence-electron chi connectivity index (χ4n) is 11.9. The van der Waals surface area contributed by atoms with E-state index in [4.69, 9.17) is 17.2 Å². The number of carbonyl (C=O) groups is 17. The Morgan fingerprint density at radius 2 is 0.983 bits per heavy atom. The van der Waals surface area contributed by atoms with E-state index in [0.29, 0.717) is 11.1 Å². The molecule has 41 nitrogen and oxygen atoms in total. The number of carboxylic acid groups (broad SMARTS) is 2. The van der Waals surface area contributed by atoms with Crippen molar-refractivity contribution >= 4 is 112 Å². The highest BCUT2D eigenvalue weighted by Gasteiger charge is 2.43. The van der Waals surface area contributed by atoms with Crippen molar-refractivity contribution in [2.45, 2.75) is 229 Å². The van der Waals surface area contributed by atoms with Crippen molar-refractivity contribution in [2.75, 3.05) is 44.9 Å². The summed E-state index contributed by atoms with van der Waals surface area (Å²) in [5.41, 5.74) is 18.3. The average molecular weight is 1660 g/mol. The molecule has 0 saturated carbocycles. The van der Waals surface area contributed by atoms with Crippen LogP contribution in [-0.4, -0.2) is 283 Å². The van der Waals surface area contributed by atoms with Gasteiger partial charge >= 0.3 is 11.9 Å². The Hall–Kier alpha value is -10.7. The summed E-state index contributed by atoms with van der Waals surface area (Å²) in [4.78, 5) is 231. The lowest BCUT2D eigenvalue weighted by molar-refractivity contribution is -0.145. The third kappa shape index (κ3) is 34.4. The summed E-state index contributed by atoms with van der Waals surface area (Å²) in [5, 5.41) is 103. The smallest absolute Gasteiger partial charge is 0.326 e. The van der Waals surface area contributed by atoms with Crippen molar-refractivity contribution in [3.63, 3.8) is 0 Å². The number of aliphatic hydroxyl groups is 4. The first kappa shape index (κ1) is 99.5. The van der Waals surface area contributed by atoms with Gasteiger partial charge in [-0.15, -0.1) is 0 Å². The van der Waals surface area contributed by atoms with Crippen LogP contribution in [0.4, 0.5) is 0 Å². The molecule has 15 amide bonds. The van der Waals surface area contributed by atoms with Gasteiger partial charge in [0.2, 0.25) is 88.6 Å². The monoisotopic (exact) mass is 1660 g/mol. The number of phenolic OH excluding ortho intramolecular Hbond substituents is 1. The third-order valence-electron chi connectivity index (χ3n) is 18.4. The summed E-state index contributed by atoms with van der Waals surface area (Å²) in [6.07, 6.45) is -4.39. The highest BCUT2D eigenvalue weighted by Crippen LogP contribution is 2.22. The molecule has 1 aliphatic rings. The van der Waals surface area contributed by atoms with Gasteiger partial charge in [-0.3, -0.25) is 76.7 Å². The van der Waals surface area contributed by atoms with E-state index in [1.807, 2.05) is 0 Å². The van der Waals surface area contributed by atoms with Crippen LogP contribution in [0, 0.1) is 11.8 Å². The zero-order valence-electron chi connectivity index (χ0n) is 66.2. The molecular formula is C74H115N17O24S. The van der Waals surface area contributed by atoms with Gasteiger partial charge in [0, 0.05) is 25.8 Å². The summed E-state index contributed by atoms with van der Waals surface area (Å²) >= 11 is 1.25. The first-order chi connectivity index (χ1) is 54.7. The van der Waals surface area contributed by atoms with Crippen LogP contribution in [0.1, 0.15) is 130 Å². The van der Waals surface area contributed by atoms with Crippen LogP contribution < -0.4 is 86.3 Å². The van der Waals surface area contributed by atoms with E-state index in [1.54, 1.807) is 76.4 Å². The van der Waals surface area contributed by atoms with E-state index >= 15 is 0 Å². The lowest BCUT2D eigenvalue weighted by Crippen LogP contribution is -2.63. The zero-order valence-corrected chi connectivity index (χ0v) is 67.0. The molecule has 3 rings (SSSR count). The van der Waals surface area contributed by atoms with Crippen LogP contribution in [0.2, 0.25) is 0 Å². The van der Waals surface area contributed by atoms with Crippen LogP contribution >= 0.6 is 11.8 Å². The molecule has 1 saturated heterocycles. The van der Waals surface area contributed by atoms with Gasteiger partial charge in [-0.05, 0) is 139 Å². The fourth-order valence-corrected chi connectivity index (χ4v) is 12.4. The largest absolute Gasteiger partial charge is 0.508 e. The number of hydrogen-bond acceptors (Lipinski definition) is 25. The second-order valence-corrected chi connectivity index (χ2v) is 29.9. The number of phenols is 1. The second-order valence-electron chi connectivity index (χ2n) is 28.9. The minimum atomic E-state index is -2.04. The molecule has 42 heteroatoms. The Labute approximate surface area is 674 Å². The van der Waals surface area contributed by atoms with Crippen molar-refractivity contribution in [3.8, 4) is 5.75 Å². The Kier molecular flexibility index (Phi) is 43.4. The maximum atomic E-state index is 14.3. The number of aliphatic hydroxyl groups excluding tert-OH is 4. The van der Waals surface area contributed by atoms with Crippen LogP contribution in [0.25, 0.3) is 0 Å². The number of hydrogen-bond donors (Lipinski definition) is 23. The number of aromatic hydroxyl groups is 1. The van der Waals surface area contributed by atoms with Gasteiger partial charge in [0.05, 0.1) is 38.0 Å². The summed E-state index contributed by atoms with van der Waals surface area (Å²) in [5.74, 6) is -18.9. The lowest BCUT2D eigenvalue weighted by Gasteiger charge is -2.32. The molecule has 116 heavy (non-hydrogen) atoms. The molecule has 1 aliphatic heterocycles. The van der Waals surface area contributed by atoms with Gasteiger partial charge in [0.15, 0.2) is 0 Å². The van der Waals surface area contributed by atoms with Crippen molar-refractivity contribution in [2.24, 2.45) is 29.0 Å². The van der Waals surface area contributed by atoms with E-state index in [0.717, 1.165) is 18.7 Å². The lowest BCUT2D eigenvalue weighted by atomic mass is 10.00. The molecule has 16 atom stereocenters. The fraction of sp³-hybridized carbons (Fsp3) is 0.608. The number of carbonyl (C=O) groups excluding carboxylic acids is 15. The number of nitrogens with zero attached hydrogens (tertiary/aromatic N) is 1. The maximum absolute atomic E-state index is 14.3. The number of nitrogens with two attached hydrogens (primary N) is 3. The maximum Gasteiger partial charge on any atom is 0.326 e. The number of benzene rings is 2. The number of amides is 15.